The number of nitrogens with one attached hydrogen (secondary N) is 1. The Labute approximate surface area is 117 Å². The van der Waals surface area contributed by atoms with Gasteiger partial charge in [-0.05, 0) is 37.5 Å². The Morgan fingerprint density at radius 2 is 2.00 bits per heavy atom. The lowest BCUT2D eigenvalue weighted by Gasteiger charge is -2.36. The van der Waals surface area contributed by atoms with Crippen LogP contribution in [0.25, 0.3) is 0 Å². The van der Waals surface area contributed by atoms with Crippen LogP contribution in [0.4, 0.5) is 0 Å². The molecular weight excluding hydrogens is 238 g/mol. The first-order valence-corrected chi connectivity index (χ1v) is 7.72. The maximum Gasteiger partial charge on any atom is 0.234 e. The van der Waals surface area contributed by atoms with Crippen LogP contribution in [0, 0.1) is 5.41 Å². The molecule has 0 aromatic carbocycles. The van der Waals surface area contributed by atoms with E-state index in [1.807, 2.05) is 0 Å². The molecule has 0 bridgehead atoms. The number of amides is 1. The van der Waals surface area contributed by atoms with Gasteiger partial charge in [0.15, 0.2) is 0 Å². The average Bonchev–Trinajstić information content (AvgIpc) is 2.30. The molecule has 0 spiro atoms. The zero-order valence-corrected chi connectivity index (χ0v) is 12.5. The van der Waals surface area contributed by atoms with E-state index in [4.69, 9.17) is 5.73 Å². The van der Waals surface area contributed by atoms with Gasteiger partial charge in [0.25, 0.3) is 0 Å². The highest BCUT2D eigenvalue weighted by Crippen LogP contribution is 2.35. The van der Waals surface area contributed by atoms with E-state index < -0.39 is 0 Å². The Hall–Kier alpha value is -0.610. The van der Waals surface area contributed by atoms with Gasteiger partial charge in [-0.3, -0.25) is 9.69 Å². The van der Waals surface area contributed by atoms with Gasteiger partial charge in [0.05, 0.1) is 6.54 Å². The first-order chi connectivity index (χ1) is 8.94. The van der Waals surface area contributed by atoms with Crippen molar-refractivity contribution in [3.63, 3.8) is 0 Å². The Balaban J connectivity index is 1.72. The van der Waals surface area contributed by atoms with Crippen LogP contribution in [0.2, 0.25) is 0 Å². The molecule has 2 aliphatic rings. The molecule has 2 rings (SSSR count). The molecule has 1 saturated carbocycles. The van der Waals surface area contributed by atoms with Gasteiger partial charge < -0.3 is 11.1 Å². The zero-order valence-electron chi connectivity index (χ0n) is 12.5. The first-order valence-electron chi connectivity index (χ1n) is 7.72. The van der Waals surface area contributed by atoms with E-state index in [0.717, 1.165) is 38.8 Å². The number of piperidine rings is 1. The van der Waals surface area contributed by atoms with Crippen LogP contribution in [0.15, 0.2) is 0 Å². The van der Waals surface area contributed by atoms with E-state index >= 15 is 0 Å². The van der Waals surface area contributed by atoms with E-state index in [0.29, 0.717) is 24.0 Å². The summed E-state index contributed by atoms with van der Waals surface area (Å²) >= 11 is 0. The van der Waals surface area contributed by atoms with Crippen LogP contribution in [0.5, 0.6) is 0 Å². The maximum absolute atomic E-state index is 12.1. The Kier molecular flexibility index (Phi) is 4.85. The van der Waals surface area contributed by atoms with E-state index in [9.17, 15) is 4.79 Å². The number of carbonyl (C=O) groups is 1. The molecule has 2 fully saturated rings. The SMILES string of the molecule is CC1(C)CCCC(NC(=O)CN2CCC(N)CC2)C1. The summed E-state index contributed by atoms with van der Waals surface area (Å²) in [6.45, 7) is 7.08. The zero-order chi connectivity index (χ0) is 13.9. The van der Waals surface area contributed by atoms with Crippen LogP contribution in [-0.4, -0.2) is 42.5 Å². The van der Waals surface area contributed by atoms with Crippen LogP contribution in [0.1, 0.15) is 52.4 Å². The largest absolute Gasteiger partial charge is 0.352 e. The van der Waals surface area contributed by atoms with Gasteiger partial charge in [0.2, 0.25) is 5.91 Å². The monoisotopic (exact) mass is 267 g/mol. The van der Waals surface area contributed by atoms with Gasteiger partial charge in [0, 0.05) is 25.2 Å². The number of hydrogen-bond acceptors (Lipinski definition) is 3. The molecule has 19 heavy (non-hydrogen) atoms. The molecule has 1 amide bonds. The fourth-order valence-corrected chi connectivity index (χ4v) is 3.41. The second-order valence-electron chi connectivity index (χ2n) is 7.14. The van der Waals surface area contributed by atoms with E-state index in [2.05, 4.69) is 24.1 Å². The molecule has 110 valence electrons. The lowest BCUT2D eigenvalue weighted by Crippen LogP contribution is -2.48. The fraction of sp³-hybridized carbons (Fsp3) is 0.933. The van der Waals surface area contributed by atoms with Crippen LogP contribution >= 0.6 is 0 Å². The summed E-state index contributed by atoms with van der Waals surface area (Å²) in [7, 11) is 0. The molecule has 1 saturated heterocycles. The fourth-order valence-electron chi connectivity index (χ4n) is 3.41. The minimum absolute atomic E-state index is 0.193. The normalized spacial score (nSPS) is 29.1. The molecule has 0 radical (unpaired) electrons. The van der Waals surface area contributed by atoms with Crippen molar-refractivity contribution < 1.29 is 4.79 Å². The van der Waals surface area contributed by atoms with Crippen molar-refractivity contribution in [3.8, 4) is 0 Å². The minimum atomic E-state index is 0.193. The molecule has 3 N–H and O–H groups in total. The van der Waals surface area contributed by atoms with Crippen molar-refractivity contribution in [2.45, 2.75) is 64.5 Å². The summed E-state index contributed by atoms with van der Waals surface area (Å²) in [5.74, 6) is 0.193. The first kappa shape index (κ1) is 14.8. The lowest BCUT2D eigenvalue weighted by atomic mass is 9.75. The number of likely N-dealkylation sites (tertiary alicyclic amines) is 1. The van der Waals surface area contributed by atoms with Crippen LogP contribution in [-0.2, 0) is 4.79 Å². The number of rotatable bonds is 3. The maximum atomic E-state index is 12.1. The van der Waals surface area contributed by atoms with Crippen LogP contribution < -0.4 is 11.1 Å². The number of hydrogen-bond donors (Lipinski definition) is 2. The lowest BCUT2D eigenvalue weighted by molar-refractivity contribution is -0.123. The Morgan fingerprint density at radius 1 is 1.32 bits per heavy atom. The topological polar surface area (TPSA) is 58.4 Å². The number of nitrogens with two attached hydrogens (primary N) is 1. The summed E-state index contributed by atoms with van der Waals surface area (Å²) in [4.78, 5) is 14.3. The van der Waals surface area contributed by atoms with Gasteiger partial charge in [-0.1, -0.05) is 20.3 Å². The average molecular weight is 267 g/mol. The smallest absolute Gasteiger partial charge is 0.234 e. The van der Waals surface area contributed by atoms with Gasteiger partial charge in [-0.2, -0.15) is 0 Å². The molecule has 0 aromatic heterocycles. The van der Waals surface area contributed by atoms with Crippen molar-refractivity contribution in [2.75, 3.05) is 19.6 Å². The molecular formula is C15H29N3O. The summed E-state index contributed by atoms with van der Waals surface area (Å²) in [6.07, 6.45) is 6.80. The number of carbonyl (C=O) groups excluding carboxylic acids is 1. The summed E-state index contributed by atoms with van der Waals surface area (Å²) in [6, 6.07) is 0.710. The summed E-state index contributed by atoms with van der Waals surface area (Å²) in [5.41, 5.74) is 6.26. The van der Waals surface area contributed by atoms with Gasteiger partial charge in [0.1, 0.15) is 0 Å². The minimum Gasteiger partial charge on any atom is -0.352 e. The number of nitrogens with zero attached hydrogens (tertiary/aromatic N) is 1. The molecule has 0 aromatic rings. The molecule has 1 atom stereocenters. The Morgan fingerprint density at radius 3 is 2.63 bits per heavy atom. The van der Waals surface area contributed by atoms with Crippen molar-refractivity contribution in [3.05, 3.63) is 0 Å². The van der Waals surface area contributed by atoms with Gasteiger partial charge >= 0.3 is 0 Å². The van der Waals surface area contributed by atoms with Crippen molar-refractivity contribution in [2.24, 2.45) is 11.1 Å². The molecule has 1 heterocycles. The highest BCUT2D eigenvalue weighted by atomic mass is 16.2. The van der Waals surface area contributed by atoms with Gasteiger partial charge in [-0.15, -0.1) is 0 Å². The second-order valence-corrected chi connectivity index (χ2v) is 7.14. The predicted octanol–water partition coefficient (Wildman–Crippen LogP) is 1.49. The summed E-state index contributed by atoms with van der Waals surface area (Å²) in [5, 5.41) is 3.22. The third-order valence-corrected chi connectivity index (χ3v) is 4.57. The predicted molar refractivity (Wildman–Crippen MR) is 77.8 cm³/mol. The standard InChI is InChI=1S/C15H29N3O/c1-15(2)7-3-4-13(10-15)17-14(19)11-18-8-5-12(16)6-9-18/h12-13H,3-11,16H2,1-2H3,(H,17,19). The second kappa shape index (κ2) is 6.23. The molecule has 1 unspecified atom stereocenters. The molecule has 1 aliphatic carbocycles. The highest BCUT2D eigenvalue weighted by Gasteiger charge is 2.29. The van der Waals surface area contributed by atoms with Crippen molar-refractivity contribution >= 4 is 5.91 Å². The third kappa shape index (κ3) is 4.77. The highest BCUT2D eigenvalue weighted by molar-refractivity contribution is 5.78. The van der Waals surface area contributed by atoms with Gasteiger partial charge in [-0.25, -0.2) is 0 Å². The van der Waals surface area contributed by atoms with Crippen molar-refractivity contribution in [1.82, 2.24) is 10.2 Å². The van der Waals surface area contributed by atoms with E-state index in [1.165, 1.54) is 12.8 Å². The molecule has 4 nitrogen and oxygen atoms in total. The van der Waals surface area contributed by atoms with E-state index in [1.54, 1.807) is 0 Å². The summed E-state index contributed by atoms with van der Waals surface area (Å²) < 4.78 is 0. The van der Waals surface area contributed by atoms with E-state index in [-0.39, 0.29) is 5.91 Å². The van der Waals surface area contributed by atoms with Crippen molar-refractivity contribution in [1.29, 1.82) is 0 Å². The Bertz CT molecular complexity index is 309. The molecule has 1 aliphatic heterocycles. The third-order valence-electron chi connectivity index (χ3n) is 4.57. The molecule has 4 heteroatoms. The quantitative estimate of drug-likeness (QED) is 0.814. The van der Waals surface area contributed by atoms with Crippen LogP contribution in [0.3, 0.4) is 0 Å².